The molecule has 1 heteroatoms. The molecule has 0 N–H and O–H groups in total. The van der Waals surface area contributed by atoms with Gasteiger partial charge in [0.2, 0.25) is 0 Å². The Labute approximate surface area is 102 Å². The summed E-state index contributed by atoms with van der Waals surface area (Å²) in [7, 11) is 0. The first-order valence-electron chi connectivity index (χ1n) is 6.00. The summed E-state index contributed by atoms with van der Waals surface area (Å²) in [6.07, 6.45) is 8.38. The van der Waals surface area contributed by atoms with Crippen LogP contribution >= 0.6 is 0 Å². The monoisotopic (exact) mass is 221 g/mol. The molecule has 0 bridgehead atoms. The molecule has 0 fully saturated rings. The molecule has 1 aliphatic rings. The summed E-state index contributed by atoms with van der Waals surface area (Å²) in [4.78, 5) is 4.56. The second-order valence-electron chi connectivity index (χ2n) is 4.64. The number of fused-ring (bicyclic) bond motifs is 3. The van der Waals surface area contributed by atoms with Crippen molar-refractivity contribution in [1.29, 1.82) is 0 Å². The zero-order chi connectivity index (χ0) is 11.8. The van der Waals surface area contributed by atoms with E-state index in [1.807, 2.05) is 12.3 Å². The second kappa shape index (κ2) is 3.85. The largest absolute Gasteiger partial charge is 0.256 e. The van der Waals surface area contributed by atoms with Gasteiger partial charge in [0.05, 0.1) is 5.52 Å². The third-order valence-corrected chi connectivity index (χ3v) is 3.60. The molecular weight excluding hydrogens is 206 g/mol. The van der Waals surface area contributed by atoms with Gasteiger partial charge >= 0.3 is 0 Å². The number of allylic oxidation sites excluding steroid dienone is 3. The number of nitrogens with zero attached hydrogens (tertiary/aromatic N) is 1. The van der Waals surface area contributed by atoms with Gasteiger partial charge in [-0.25, -0.2) is 0 Å². The molecule has 1 aromatic heterocycles. The van der Waals surface area contributed by atoms with Crippen molar-refractivity contribution in [2.45, 2.75) is 19.8 Å². The van der Waals surface area contributed by atoms with E-state index in [2.05, 4.69) is 55.3 Å². The predicted octanol–water partition coefficient (Wildman–Crippen LogP) is 4.31. The molecule has 1 aliphatic carbocycles. The summed E-state index contributed by atoms with van der Waals surface area (Å²) in [5.41, 5.74) is 5.16. The molecule has 84 valence electrons. The Hall–Kier alpha value is -1.89. The molecule has 0 radical (unpaired) electrons. The van der Waals surface area contributed by atoms with Gasteiger partial charge in [0.1, 0.15) is 0 Å². The third kappa shape index (κ3) is 1.59. The second-order valence-corrected chi connectivity index (χ2v) is 4.64. The van der Waals surface area contributed by atoms with E-state index in [-0.39, 0.29) is 0 Å². The Morgan fingerprint density at radius 2 is 2.06 bits per heavy atom. The van der Waals surface area contributed by atoms with Crippen LogP contribution in [0.2, 0.25) is 0 Å². The highest BCUT2D eigenvalue weighted by Gasteiger charge is 2.16. The fraction of sp³-hybridized carbons (Fsp3) is 0.188. The first kappa shape index (κ1) is 10.3. The first-order chi connectivity index (χ1) is 8.27. The van der Waals surface area contributed by atoms with Crippen molar-refractivity contribution in [3.8, 4) is 0 Å². The Bertz CT molecular complexity index is 635. The van der Waals surface area contributed by atoms with Crippen LogP contribution in [0, 0.1) is 0 Å². The van der Waals surface area contributed by atoms with E-state index in [1.54, 1.807) is 0 Å². The lowest BCUT2D eigenvalue weighted by atomic mass is 9.89. The molecular formula is C16H15N. The topological polar surface area (TPSA) is 12.9 Å². The zero-order valence-corrected chi connectivity index (χ0v) is 10.1. The number of aromatic nitrogens is 1. The maximum atomic E-state index is 4.56. The Morgan fingerprint density at radius 3 is 2.94 bits per heavy atom. The van der Waals surface area contributed by atoms with E-state index in [9.17, 15) is 0 Å². The molecule has 0 aliphatic heterocycles. The van der Waals surface area contributed by atoms with Gasteiger partial charge in [0, 0.05) is 17.5 Å². The van der Waals surface area contributed by atoms with Crippen molar-refractivity contribution in [2.75, 3.05) is 0 Å². The maximum Gasteiger partial charge on any atom is 0.0745 e. The van der Waals surface area contributed by atoms with Crippen LogP contribution < -0.4 is 0 Å². The number of rotatable bonds is 0. The molecule has 1 unspecified atom stereocenters. The van der Waals surface area contributed by atoms with Gasteiger partial charge in [0.25, 0.3) is 0 Å². The minimum absolute atomic E-state index is 0.429. The van der Waals surface area contributed by atoms with E-state index in [0.717, 1.165) is 5.52 Å². The van der Waals surface area contributed by atoms with Gasteiger partial charge in [-0.2, -0.15) is 0 Å². The summed E-state index contributed by atoms with van der Waals surface area (Å²) in [5, 5.41) is 1.22. The number of hydrogen-bond donors (Lipinski definition) is 0. The molecule has 1 aromatic carbocycles. The van der Waals surface area contributed by atoms with Gasteiger partial charge in [0.15, 0.2) is 0 Å². The lowest BCUT2D eigenvalue weighted by Gasteiger charge is -2.16. The summed E-state index contributed by atoms with van der Waals surface area (Å²) in [6, 6.07) is 8.47. The predicted molar refractivity (Wildman–Crippen MR) is 72.9 cm³/mol. The zero-order valence-electron chi connectivity index (χ0n) is 10.1. The van der Waals surface area contributed by atoms with Crippen LogP contribution in [0.15, 0.2) is 48.2 Å². The molecule has 17 heavy (non-hydrogen) atoms. The van der Waals surface area contributed by atoms with E-state index in [4.69, 9.17) is 0 Å². The smallest absolute Gasteiger partial charge is 0.0745 e. The molecule has 1 nitrogen and oxygen atoms in total. The molecule has 3 rings (SSSR count). The van der Waals surface area contributed by atoms with Crippen LogP contribution in [-0.2, 0) is 0 Å². The summed E-state index contributed by atoms with van der Waals surface area (Å²) in [5.74, 6) is 0.429. The summed E-state index contributed by atoms with van der Waals surface area (Å²) >= 11 is 0. The Kier molecular flexibility index (Phi) is 2.32. The van der Waals surface area contributed by atoms with Gasteiger partial charge in [-0.1, -0.05) is 48.9 Å². The summed E-state index contributed by atoms with van der Waals surface area (Å²) in [6.45, 7) is 4.44. The van der Waals surface area contributed by atoms with Crippen molar-refractivity contribution in [3.63, 3.8) is 0 Å². The van der Waals surface area contributed by atoms with Crippen LogP contribution in [-0.4, -0.2) is 4.98 Å². The maximum absolute atomic E-state index is 4.56. The van der Waals surface area contributed by atoms with Crippen molar-refractivity contribution in [3.05, 3.63) is 59.3 Å². The number of hydrogen-bond acceptors (Lipinski definition) is 1. The van der Waals surface area contributed by atoms with Gasteiger partial charge in [-0.3, -0.25) is 4.98 Å². The third-order valence-electron chi connectivity index (χ3n) is 3.60. The van der Waals surface area contributed by atoms with E-state index < -0.39 is 0 Å². The first-order valence-corrected chi connectivity index (χ1v) is 6.00. The Balaban J connectivity index is 2.39. The minimum Gasteiger partial charge on any atom is -0.256 e. The van der Waals surface area contributed by atoms with Gasteiger partial charge in [-0.05, 0) is 24.1 Å². The number of benzene rings is 1. The van der Waals surface area contributed by atoms with Crippen molar-refractivity contribution < 1.29 is 0 Å². The molecule has 1 atom stereocenters. The van der Waals surface area contributed by atoms with Crippen molar-refractivity contribution in [1.82, 2.24) is 4.98 Å². The van der Waals surface area contributed by atoms with Crippen molar-refractivity contribution in [2.24, 2.45) is 0 Å². The van der Waals surface area contributed by atoms with Crippen molar-refractivity contribution >= 4 is 17.0 Å². The van der Waals surface area contributed by atoms with Crippen LogP contribution in [0.1, 0.15) is 30.9 Å². The SMILES string of the molecule is CC1=CC=Cc2ccc3cccnc3c2C1C. The van der Waals surface area contributed by atoms with Crippen LogP contribution in [0.5, 0.6) is 0 Å². The molecule has 0 saturated heterocycles. The molecule has 2 aromatic rings. The van der Waals surface area contributed by atoms with Gasteiger partial charge < -0.3 is 0 Å². The summed E-state index contributed by atoms with van der Waals surface area (Å²) < 4.78 is 0. The highest BCUT2D eigenvalue weighted by molar-refractivity contribution is 5.86. The molecule has 0 saturated carbocycles. The quantitative estimate of drug-likeness (QED) is 0.646. The Morgan fingerprint density at radius 1 is 1.18 bits per heavy atom. The lowest BCUT2D eigenvalue weighted by molar-refractivity contribution is 0.900. The fourth-order valence-electron chi connectivity index (χ4n) is 2.46. The van der Waals surface area contributed by atoms with E-state index in [1.165, 1.54) is 22.1 Å². The average molecular weight is 221 g/mol. The van der Waals surface area contributed by atoms with Crippen LogP contribution in [0.25, 0.3) is 17.0 Å². The lowest BCUT2D eigenvalue weighted by Crippen LogP contribution is -1.99. The van der Waals surface area contributed by atoms with E-state index >= 15 is 0 Å². The highest BCUT2D eigenvalue weighted by atomic mass is 14.7. The van der Waals surface area contributed by atoms with Crippen LogP contribution in [0.3, 0.4) is 0 Å². The molecule has 0 spiro atoms. The average Bonchev–Trinajstić information content (AvgIpc) is 2.50. The van der Waals surface area contributed by atoms with Gasteiger partial charge in [-0.15, -0.1) is 0 Å². The fourth-order valence-corrected chi connectivity index (χ4v) is 2.46. The highest BCUT2D eigenvalue weighted by Crippen LogP contribution is 2.34. The molecule has 0 amide bonds. The van der Waals surface area contributed by atoms with Crippen LogP contribution in [0.4, 0.5) is 0 Å². The normalized spacial score (nSPS) is 18.7. The standard InChI is InChI=1S/C16H15N/c1-11-5-3-6-13-8-9-14-7-4-10-17-16(14)15(13)12(11)2/h3-10,12H,1-2H3. The number of pyridine rings is 1. The van der Waals surface area contributed by atoms with E-state index in [0.29, 0.717) is 5.92 Å². The molecule has 1 heterocycles. The minimum atomic E-state index is 0.429.